The zero-order chi connectivity index (χ0) is 44.5. The maximum absolute atomic E-state index is 7.25. The summed E-state index contributed by atoms with van der Waals surface area (Å²) in [4.78, 5) is 10.6. The third-order valence-electron chi connectivity index (χ3n) is 15.5. The van der Waals surface area contributed by atoms with E-state index in [1.165, 1.54) is 66.4 Å². The molecular formula is C62H47N3O. The summed E-state index contributed by atoms with van der Waals surface area (Å²) in [6.07, 6.45) is 3.97. The zero-order valence-electron chi connectivity index (χ0n) is 38.0. The van der Waals surface area contributed by atoms with Gasteiger partial charge < -0.3 is 9.30 Å². The van der Waals surface area contributed by atoms with Gasteiger partial charge in [-0.3, -0.25) is 9.97 Å². The summed E-state index contributed by atoms with van der Waals surface area (Å²) < 4.78 is 9.68. The van der Waals surface area contributed by atoms with Gasteiger partial charge >= 0.3 is 0 Å². The molecule has 4 aliphatic rings. The van der Waals surface area contributed by atoms with E-state index in [2.05, 4.69) is 216 Å². The molecular weight excluding hydrogens is 803 g/mol. The van der Waals surface area contributed by atoms with Gasteiger partial charge in [-0.25, -0.2) is 0 Å². The molecule has 0 amide bonds. The molecule has 316 valence electrons. The van der Waals surface area contributed by atoms with E-state index < -0.39 is 10.8 Å². The smallest absolute Gasteiger partial charge is 0.132 e. The van der Waals surface area contributed by atoms with Crippen molar-refractivity contribution >= 4 is 21.8 Å². The molecule has 0 saturated carbocycles. The Kier molecular flexibility index (Phi) is 7.22. The topological polar surface area (TPSA) is 39.9 Å². The molecule has 10 aromatic rings. The van der Waals surface area contributed by atoms with Gasteiger partial charge in [0.15, 0.2) is 0 Å². The van der Waals surface area contributed by atoms with Gasteiger partial charge in [-0.2, -0.15) is 0 Å². The normalized spacial score (nSPS) is 16.6. The Morgan fingerprint density at radius 1 is 0.409 bits per heavy atom. The van der Waals surface area contributed by atoms with E-state index in [0.29, 0.717) is 0 Å². The Bertz CT molecular complexity index is 3660. The van der Waals surface area contributed by atoms with Crippen LogP contribution >= 0.6 is 0 Å². The van der Waals surface area contributed by atoms with Crippen molar-refractivity contribution in [1.29, 1.82) is 0 Å². The maximum atomic E-state index is 7.25. The van der Waals surface area contributed by atoms with Crippen molar-refractivity contribution in [1.82, 2.24) is 14.5 Å². The first-order valence-corrected chi connectivity index (χ1v) is 23.3. The Hall–Kier alpha value is -7.56. The fourth-order valence-electron chi connectivity index (χ4n) is 12.5. The molecule has 66 heavy (non-hydrogen) atoms. The van der Waals surface area contributed by atoms with Gasteiger partial charge in [0.25, 0.3) is 0 Å². The molecule has 4 nitrogen and oxygen atoms in total. The van der Waals surface area contributed by atoms with Crippen molar-refractivity contribution in [3.05, 3.63) is 232 Å². The van der Waals surface area contributed by atoms with Crippen LogP contribution in [0.1, 0.15) is 97.2 Å². The van der Waals surface area contributed by atoms with Crippen LogP contribution in [0.15, 0.2) is 176 Å². The molecule has 0 fully saturated rings. The number of nitrogens with zero attached hydrogens (tertiary/aromatic N) is 3. The number of aromatic nitrogens is 3. The van der Waals surface area contributed by atoms with Crippen LogP contribution < -0.4 is 4.74 Å². The Balaban J connectivity index is 1.08. The number of fused-ring (bicyclic) bond motifs is 22. The minimum absolute atomic E-state index is 0.000755. The van der Waals surface area contributed by atoms with Crippen LogP contribution in [0.5, 0.6) is 11.5 Å². The molecule has 7 aromatic carbocycles. The third kappa shape index (κ3) is 4.59. The lowest BCUT2D eigenvalue weighted by atomic mass is 9.65. The largest absolute Gasteiger partial charge is 0.457 e. The highest BCUT2D eigenvalue weighted by Crippen LogP contribution is 2.67. The van der Waals surface area contributed by atoms with Gasteiger partial charge in [0.05, 0.1) is 45.1 Å². The summed E-state index contributed by atoms with van der Waals surface area (Å²) in [5.41, 5.74) is 21.2. The first kappa shape index (κ1) is 37.8. The number of benzene rings is 7. The van der Waals surface area contributed by atoms with Gasteiger partial charge in [0, 0.05) is 33.7 Å². The van der Waals surface area contributed by atoms with Crippen LogP contribution in [-0.4, -0.2) is 14.5 Å². The van der Waals surface area contributed by atoms with Gasteiger partial charge in [0.1, 0.15) is 11.5 Å². The molecule has 14 rings (SSSR count). The predicted molar refractivity (Wildman–Crippen MR) is 267 cm³/mol. The number of para-hydroxylation sites is 1. The first-order chi connectivity index (χ1) is 32.0. The van der Waals surface area contributed by atoms with E-state index >= 15 is 0 Å². The van der Waals surface area contributed by atoms with Gasteiger partial charge in [-0.05, 0) is 127 Å². The van der Waals surface area contributed by atoms with E-state index in [0.717, 1.165) is 61.9 Å². The molecule has 3 aliphatic carbocycles. The van der Waals surface area contributed by atoms with Crippen molar-refractivity contribution in [2.24, 2.45) is 0 Å². The summed E-state index contributed by atoms with van der Waals surface area (Å²) in [6.45, 7) is 13.8. The Labute approximate surface area is 385 Å². The standard InChI is InChI=1S/C62H47N3O/c1-59(2,3)36-25-27-53-43(30-36)44-31-37(60(4,5)6)26-28-54(44)65(53)38-32-52-58(64-35-38)57-49(23-15-29-63-57)62(52)48-22-13-14-24-55(48)66-56-34-50-42(33-51(56)62)41-18-9-12-21-47(41)61(50)45-19-10-7-16-39(45)40-17-8-11-20-46(40)61/h7-35H,1-6H3. The maximum Gasteiger partial charge on any atom is 0.132 e. The van der Waals surface area contributed by atoms with Crippen molar-refractivity contribution in [3.8, 4) is 50.8 Å². The monoisotopic (exact) mass is 849 g/mol. The predicted octanol–water partition coefficient (Wildman–Crippen LogP) is 15.0. The highest BCUT2D eigenvalue weighted by molar-refractivity contribution is 6.10. The lowest BCUT2D eigenvalue weighted by Crippen LogP contribution is -2.33. The van der Waals surface area contributed by atoms with E-state index in [9.17, 15) is 0 Å². The lowest BCUT2D eigenvalue weighted by molar-refractivity contribution is 0.435. The molecule has 3 aromatic heterocycles. The van der Waals surface area contributed by atoms with Crippen molar-refractivity contribution in [2.45, 2.75) is 63.2 Å². The van der Waals surface area contributed by atoms with E-state index in [4.69, 9.17) is 14.7 Å². The molecule has 0 saturated heterocycles. The summed E-state index contributed by atoms with van der Waals surface area (Å²) in [5.74, 6) is 1.70. The van der Waals surface area contributed by atoms with Crippen LogP contribution in [0.4, 0.5) is 0 Å². The van der Waals surface area contributed by atoms with Crippen LogP contribution in [0.25, 0.3) is 61.1 Å². The van der Waals surface area contributed by atoms with Crippen LogP contribution in [0, 0.1) is 0 Å². The molecule has 1 aliphatic heterocycles. The second kappa shape index (κ2) is 12.6. The van der Waals surface area contributed by atoms with Crippen LogP contribution in [0.2, 0.25) is 0 Å². The number of pyridine rings is 2. The average Bonchev–Trinajstić information content (AvgIpc) is 4.01. The SMILES string of the molecule is CC(C)(C)c1ccc2c(c1)c1cc(C(C)(C)C)ccc1n2-c1cnc2c(c1)C1(c3ccccc3Oc3cc4c(cc31)-c1ccccc1C41c3ccccc3-c3ccccc31)c1cccnc1-2. The minimum Gasteiger partial charge on any atom is -0.457 e. The molecule has 2 spiro atoms. The van der Waals surface area contributed by atoms with Crippen molar-refractivity contribution in [2.75, 3.05) is 0 Å². The van der Waals surface area contributed by atoms with Gasteiger partial charge in [0.2, 0.25) is 0 Å². The quantitative estimate of drug-likeness (QED) is 0.165. The zero-order valence-corrected chi connectivity index (χ0v) is 38.0. The van der Waals surface area contributed by atoms with Gasteiger partial charge in [-0.15, -0.1) is 0 Å². The molecule has 1 atom stereocenters. The molecule has 4 heterocycles. The fourth-order valence-corrected chi connectivity index (χ4v) is 12.5. The molecule has 4 heteroatoms. The van der Waals surface area contributed by atoms with Crippen molar-refractivity contribution in [3.63, 3.8) is 0 Å². The molecule has 0 bridgehead atoms. The molecule has 1 unspecified atom stereocenters. The third-order valence-corrected chi connectivity index (χ3v) is 15.5. The van der Waals surface area contributed by atoms with Crippen LogP contribution in [0.3, 0.4) is 0 Å². The highest BCUT2D eigenvalue weighted by atomic mass is 16.5. The van der Waals surface area contributed by atoms with E-state index in [1.54, 1.807) is 0 Å². The lowest BCUT2D eigenvalue weighted by Gasteiger charge is -2.40. The average molecular weight is 850 g/mol. The van der Waals surface area contributed by atoms with Crippen molar-refractivity contribution < 1.29 is 4.74 Å². The number of hydrogen-bond donors (Lipinski definition) is 0. The summed E-state index contributed by atoms with van der Waals surface area (Å²) >= 11 is 0. The van der Waals surface area contributed by atoms with E-state index in [1.807, 2.05) is 6.20 Å². The fraction of sp³-hybridized carbons (Fsp3) is 0.161. The number of hydrogen-bond acceptors (Lipinski definition) is 3. The summed E-state index contributed by atoms with van der Waals surface area (Å²) in [6, 6.07) is 61.4. The van der Waals surface area contributed by atoms with Crippen LogP contribution in [-0.2, 0) is 21.7 Å². The second-order valence-electron chi connectivity index (χ2n) is 20.9. The summed E-state index contributed by atoms with van der Waals surface area (Å²) in [5, 5.41) is 2.51. The second-order valence-corrected chi connectivity index (χ2v) is 20.9. The Morgan fingerprint density at radius 2 is 0.924 bits per heavy atom. The molecule has 0 N–H and O–H groups in total. The molecule has 0 radical (unpaired) electrons. The number of rotatable bonds is 1. The summed E-state index contributed by atoms with van der Waals surface area (Å²) in [7, 11) is 0. The highest BCUT2D eigenvalue weighted by Gasteiger charge is 2.56. The minimum atomic E-state index is -0.783. The number of ether oxygens (including phenoxy) is 1. The van der Waals surface area contributed by atoms with E-state index in [-0.39, 0.29) is 10.8 Å². The van der Waals surface area contributed by atoms with Gasteiger partial charge in [-0.1, -0.05) is 151 Å². The Morgan fingerprint density at radius 3 is 1.53 bits per heavy atom. The first-order valence-electron chi connectivity index (χ1n) is 23.3.